The zero-order valence-corrected chi connectivity index (χ0v) is 9.33. The predicted octanol–water partition coefficient (Wildman–Crippen LogP) is 0.589. The maximum atomic E-state index is 9.06. The number of nitrogens with zero attached hydrogens (tertiary/aromatic N) is 2. The molecule has 0 fully saturated rings. The first-order valence-corrected chi connectivity index (χ1v) is 4.79. The van der Waals surface area contributed by atoms with Gasteiger partial charge in [0, 0.05) is 30.4 Å². The number of aromatic nitrogens is 2. The SMILES string of the molecule is Cc1c(CNC(C)(C)CO)cnn1C. The maximum Gasteiger partial charge on any atom is 0.0607 e. The zero-order valence-electron chi connectivity index (χ0n) is 9.33. The van der Waals surface area contributed by atoms with E-state index < -0.39 is 0 Å². The number of hydrogen-bond acceptors (Lipinski definition) is 3. The molecule has 0 saturated carbocycles. The molecule has 4 nitrogen and oxygen atoms in total. The highest BCUT2D eigenvalue weighted by atomic mass is 16.3. The fraction of sp³-hybridized carbons (Fsp3) is 0.700. The van der Waals surface area contributed by atoms with E-state index in [4.69, 9.17) is 5.11 Å². The molecule has 0 saturated heterocycles. The summed E-state index contributed by atoms with van der Waals surface area (Å²) >= 11 is 0. The van der Waals surface area contributed by atoms with Crippen LogP contribution in [0, 0.1) is 6.92 Å². The van der Waals surface area contributed by atoms with Gasteiger partial charge in [-0.1, -0.05) is 0 Å². The number of aliphatic hydroxyl groups excluding tert-OH is 1. The van der Waals surface area contributed by atoms with Crippen LogP contribution in [0.3, 0.4) is 0 Å². The summed E-state index contributed by atoms with van der Waals surface area (Å²) in [5, 5.41) is 16.5. The minimum Gasteiger partial charge on any atom is -0.394 e. The topological polar surface area (TPSA) is 50.1 Å². The maximum absolute atomic E-state index is 9.06. The van der Waals surface area contributed by atoms with E-state index in [-0.39, 0.29) is 12.1 Å². The van der Waals surface area contributed by atoms with Gasteiger partial charge in [-0.25, -0.2) is 0 Å². The number of aliphatic hydroxyl groups is 1. The highest BCUT2D eigenvalue weighted by Crippen LogP contribution is 2.08. The fourth-order valence-electron chi connectivity index (χ4n) is 1.11. The molecule has 0 spiro atoms. The standard InChI is InChI=1S/C10H19N3O/c1-8-9(6-12-13(8)4)5-11-10(2,3)7-14/h6,11,14H,5,7H2,1-4H3. The van der Waals surface area contributed by atoms with Gasteiger partial charge in [-0.15, -0.1) is 0 Å². The van der Waals surface area contributed by atoms with Crippen LogP contribution in [-0.4, -0.2) is 27.0 Å². The van der Waals surface area contributed by atoms with Crippen LogP contribution in [0.5, 0.6) is 0 Å². The Labute approximate surface area is 84.9 Å². The first-order valence-electron chi connectivity index (χ1n) is 4.79. The second-order valence-electron chi connectivity index (χ2n) is 4.27. The van der Waals surface area contributed by atoms with Gasteiger partial charge in [-0.3, -0.25) is 4.68 Å². The lowest BCUT2D eigenvalue weighted by atomic mass is 10.1. The monoisotopic (exact) mass is 197 g/mol. The minimum atomic E-state index is -0.234. The van der Waals surface area contributed by atoms with Crippen molar-refractivity contribution in [3.63, 3.8) is 0 Å². The lowest BCUT2D eigenvalue weighted by molar-refractivity contribution is 0.187. The Morgan fingerprint density at radius 2 is 2.21 bits per heavy atom. The normalized spacial score (nSPS) is 12.1. The van der Waals surface area contributed by atoms with Crippen molar-refractivity contribution in [1.29, 1.82) is 0 Å². The molecular weight excluding hydrogens is 178 g/mol. The van der Waals surface area contributed by atoms with E-state index in [9.17, 15) is 0 Å². The van der Waals surface area contributed by atoms with Crippen LogP contribution in [-0.2, 0) is 13.6 Å². The van der Waals surface area contributed by atoms with E-state index in [1.807, 2.05) is 38.7 Å². The molecule has 1 heterocycles. The number of rotatable bonds is 4. The largest absolute Gasteiger partial charge is 0.394 e. The summed E-state index contributed by atoms with van der Waals surface area (Å²) in [7, 11) is 1.93. The third-order valence-corrected chi connectivity index (χ3v) is 2.49. The van der Waals surface area contributed by atoms with Crippen LogP contribution >= 0.6 is 0 Å². The third-order valence-electron chi connectivity index (χ3n) is 2.49. The summed E-state index contributed by atoms with van der Waals surface area (Å²) in [6.45, 7) is 6.85. The highest BCUT2D eigenvalue weighted by Gasteiger charge is 2.15. The van der Waals surface area contributed by atoms with Gasteiger partial charge >= 0.3 is 0 Å². The summed E-state index contributed by atoms with van der Waals surface area (Å²) in [6, 6.07) is 0. The van der Waals surface area contributed by atoms with Crippen LogP contribution in [0.2, 0.25) is 0 Å². The summed E-state index contributed by atoms with van der Waals surface area (Å²) in [5.41, 5.74) is 2.10. The molecule has 0 radical (unpaired) electrons. The summed E-state index contributed by atoms with van der Waals surface area (Å²) in [5.74, 6) is 0. The molecule has 0 amide bonds. The Bertz CT molecular complexity index is 304. The zero-order chi connectivity index (χ0) is 10.8. The molecule has 1 rings (SSSR count). The van der Waals surface area contributed by atoms with Crippen LogP contribution in [0.4, 0.5) is 0 Å². The molecule has 0 unspecified atom stereocenters. The van der Waals surface area contributed by atoms with Gasteiger partial charge in [0.2, 0.25) is 0 Å². The van der Waals surface area contributed by atoms with Crippen molar-refractivity contribution in [1.82, 2.24) is 15.1 Å². The highest BCUT2D eigenvalue weighted by molar-refractivity contribution is 5.15. The summed E-state index contributed by atoms with van der Waals surface area (Å²) in [6.07, 6.45) is 1.86. The fourth-order valence-corrected chi connectivity index (χ4v) is 1.11. The molecule has 1 aromatic rings. The van der Waals surface area contributed by atoms with Crippen molar-refractivity contribution in [2.45, 2.75) is 32.9 Å². The van der Waals surface area contributed by atoms with E-state index in [1.54, 1.807) is 0 Å². The Kier molecular flexibility index (Phi) is 3.29. The van der Waals surface area contributed by atoms with Gasteiger partial charge in [0.15, 0.2) is 0 Å². The molecular formula is C10H19N3O. The van der Waals surface area contributed by atoms with Crippen molar-refractivity contribution in [2.24, 2.45) is 7.05 Å². The number of aryl methyl sites for hydroxylation is 1. The van der Waals surface area contributed by atoms with E-state index in [0.717, 1.165) is 12.2 Å². The van der Waals surface area contributed by atoms with Crippen LogP contribution in [0.25, 0.3) is 0 Å². The Hall–Kier alpha value is -0.870. The number of hydrogen-bond donors (Lipinski definition) is 2. The average Bonchev–Trinajstić information content (AvgIpc) is 2.45. The molecule has 1 aromatic heterocycles. The van der Waals surface area contributed by atoms with Crippen LogP contribution in [0.1, 0.15) is 25.1 Å². The number of nitrogens with one attached hydrogen (secondary N) is 1. The first-order chi connectivity index (χ1) is 6.46. The van der Waals surface area contributed by atoms with Gasteiger partial charge in [-0.05, 0) is 20.8 Å². The molecule has 0 aromatic carbocycles. The smallest absolute Gasteiger partial charge is 0.0607 e. The molecule has 0 atom stereocenters. The molecule has 14 heavy (non-hydrogen) atoms. The summed E-state index contributed by atoms with van der Waals surface area (Å²) in [4.78, 5) is 0. The van der Waals surface area contributed by atoms with E-state index >= 15 is 0 Å². The predicted molar refractivity (Wildman–Crippen MR) is 55.9 cm³/mol. The van der Waals surface area contributed by atoms with Crippen LogP contribution < -0.4 is 5.32 Å². The molecule has 0 aliphatic heterocycles. The van der Waals surface area contributed by atoms with E-state index in [1.165, 1.54) is 5.56 Å². The Morgan fingerprint density at radius 3 is 2.64 bits per heavy atom. The first kappa shape index (κ1) is 11.2. The van der Waals surface area contributed by atoms with E-state index in [2.05, 4.69) is 10.4 Å². The molecule has 0 aliphatic rings. The summed E-state index contributed by atoms with van der Waals surface area (Å²) < 4.78 is 1.85. The van der Waals surface area contributed by atoms with Gasteiger partial charge in [0.1, 0.15) is 0 Å². The second-order valence-corrected chi connectivity index (χ2v) is 4.27. The molecule has 2 N–H and O–H groups in total. The molecule has 4 heteroatoms. The lowest BCUT2D eigenvalue weighted by Crippen LogP contribution is -2.42. The lowest BCUT2D eigenvalue weighted by Gasteiger charge is -2.23. The van der Waals surface area contributed by atoms with Crippen LogP contribution in [0.15, 0.2) is 6.20 Å². The second kappa shape index (κ2) is 4.11. The average molecular weight is 197 g/mol. The van der Waals surface area contributed by atoms with Gasteiger partial charge < -0.3 is 10.4 Å². The van der Waals surface area contributed by atoms with Crippen molar-refractivity contribution >= 4 is 0 Å². The minimum absolute atomic E-state index is 0.131. The molecule has 0 bridgehead atoms. The van der Waals surface area contributed by atoms with Crippen molar-refractivity contribution in [3.8, 4) is 0 Å². The Morgan fingerprint density at radius 1 is 1.57 bits per heavy atom. The van der Waals surface area contributed by atoms with Gasteiger partial charge in [0.25, 0.3) is 0 Å². The Balaban J connectivity index is 2.58. The van der Waals surface area contributed by atoms with E-state index in [0.29, 0.717) is 0 Å². The molecule has 80 valence electrons. The van der Waals surface area contributed by atoms with Gasteiger partial charge in [0.05, 0.1) is 12.8 Å². The van der Waals surface area contributed by atoms with Crippen molar-refractivity contribution < 1.29 is 5.11 Å². The third kappa shape index (κ3) is 2.56. The van der Waals surface area contributed by atoms with Crippen molar-refractivity contribution in [2.75, 3.05) is 6.61 Å². The quantitative estimate of drug-likeness (QED) is 0.742. The van der Waals surface area contributed by atoms with Crippen molar-refractivity contribution in [3.05, 3.63) is 17.5 Å². The van der Waals surface area contributed by atoms with Gasteiger partial charge in [-0.2, -0.15) is 5.10 Å². The molecule has 0 aliphatic carbocycles.